The van der Waals surface area contributed by atoms with Crippen molar-refractivity contribution in [3.8, 4) is 11.6 Å². The summed E-state index contributed by atoms with van der Waals surface area (Å²) >= 11 is 0. The minimum atomic E-state index is -0.162. The molecule has 0 aliphatic rings. The van der Waals surface area contributed by atoms with Crippen LogP contribution in [0, 0.1) is 0 Å². The lowest BCUT2D eigenvalue weighted by molar-refractivity contribution is 0.102. The largest absolute Gasteiger partial charge is 0.461 e. The Hall–Kier alpha value is -3.67. The summed E-state index contributed by atoms with van der Waals surface area (Å²) in [6.07, 6.45) is 1.96. The minimum absolute atomic E-state index is 0.0418. The summed E-state index contributed by atoms with van der Waals surface area (Å²) in [5.41, 5.74) is 3.42. The van der Waals surface area contributed by atoms with E-state index in [9.17, 15) is 4.79 Å². The van der Waals surface area contributed by atoms with Crippen molar-refractivity contribution in [2.45, 2.75) is 32.6 Å². The van der Waals surface area contributed by atoms with E-state index in [1.54, 1.807) is 18.4 Å². The van der Waals surface area contributed by atoms with Crippen molar-refractivity contribution in [1.29, 1.82) is 0 Å². The number of nitrogens with zero attached hydrogens (tertiary/aromatic N) is 2. The SMILES string of the molecule is CC(C)(C)c1ccc(C(=O)Nc2ccccc2Cc2nc(-c3ccco3)no2)cc1. The molecule has 6 nitrogen and oxygen atoms in total. The summed E-state index contributed by atoms with van der Waals surface area (Å²) in [7, 11) is 0. The Morgan fingerprint density at radius 3 is 2.47 bits per heavy atom. The summed E-state index contributed by atoms with van der Waals surface area (Å²) < 4.78 is 10.6. The number of anilines is 1. The molecule has 0 saturated carbocycles. The molecule has 0 atom stereocenters. The number of hydrogen-bond donors (Lipinski definition) is 1. The predicted molar refractivity (Wildman–Crippen MR) is 114 cm³/mol. The molecular weight excluding hydrogens is 378 g/mol. The van der Waals surface area contributed by atoms with E-state index in [-0.39, 0.29) is 11.3 Å². The fraction of sp³-hybridized carbons (Fsp3) is 0.208. The zero-order valence-electron chi connectivity index (χ0n) is 17.2. The van der Waals surface area contributed by atoms with Gasteiger partial charge in [0.1, 0.15) is 0 Å². The first-order valence-corrected chi connectivity index (χ1v) is 9.76. The quantitative estimate of drug-likeness (QED) is 0.479. The molecule has 0 aliphatic heterocycles. The van der Waals surface area contributed by atoms with Crippen molar-refractivity contribution in [1.82, 2.24) is 10.1 Å². The Kier molecular flexibility index (Phi) is 5.23. The van der Waals surface area contributed by atoms with E-state index in [2.05, 4.69) is 36.2 Å². The van der Waals surface area contributed by atoms with Crippen LogP contribution in [0.2, 0.25) is 0 Å². The third-order valence-corrected chi connectivity index (χ3v) is 4.83. The number of carbonyl (C=O) groups excluding carboxylic acids is 1. The molecule has 2 aromatic carbocycles. The van der Waals surface area contributed by atoms with Crippen LogP contribution in [-0.4, -0.2) is 16.0 Å². The van der Waals surface area contributed by atoms with Crippen molar-refractivity contribution < 1.29 is 13.7 Å². The van der Waals surface area contributed by atoms with E-state index >= 15 is 0 Å². The molecule has 2 aromatic heterocycles. The average molecular weight is 401 g/mol. The van der Waals surface area contributed by atoms with E-state index in [0.29, 0.717) is 35.1 Å². The molecule has 0 aliphatic carbocycles. The monoisotopic (exact) mass is 401 g/mol. The molecule has 6 heteroatoms. The van der Waals surface area contributed by atoms with Crippen LogP contribution >= 0.6 is 0 Å². The highest BCUT2D eigenvalue weighted by atomic mass is 16.5. The average Bonchev–Trinajstić information content (AvgIpc) is 3.41. The van der Waals surface area contributed by atoms with Gasteiger partial charge in [0.25, 0.3) is 5.91 Å². The highest BCUT2D eigenvalue weighted by molar-refractivity contribution is 6.04. The lowest BCUT2D eigenvalue weighted by Crippen LogP contribution is -2.15. The Labute approximate surface area is 174 Å². The van der Waals surface area contributed by atoms with Crippen LogP contribution in [0.15, 0.2) is 75.9 Å². The van der Waals surface area contributed by atoms with Crippen molar-refractivity contribution in [3.05, 3.63) is 89.5 Å². The van der Waals surface area contributed by atoms with Gasteiger partial charge in [-0.2, -0.15) is 4.98 Å². The Balaban J connectivity index is 1.50. The summed E-state index contributed by atoms with van der Waals surface area (Å²) in [4.78, 5) is 17.1. The summed E-state index contributed by atoms with van der Waals surface area (Å²) in [6.45, 7) is 6.44. The molecule has 0 fully saturated rings. The summed E-state index contributed by atoms with van der Waals surface area (Å²) in [5, 5.41) is 6.95. The molecule has 0 bridgehead atoms. The predicted octanol–water partition coefficient (Wildman–Crippen LogP) is 5.47. The molecule has 152 valence electrons. The number of carbonyl (C=O) groups is 1. The smallest absolute Gasteiger partial charge is 0.255 e. The molecule has 4 aromatic rings. The van der Waals surface area contributed by atoms with Gasteiger partial charge in [0.2, 0.25) is 11.7 Å². The normalized spacial score (nSPS) is 11.4. The van der Waals surface area contributed by atoms with Crippen LogP contribution in [0.1, 0.15) is 48.1 Å². The molecule has 30 heavy (non-hydrogen) atoms. The number of furan rings is 1. The molecular formula is C24H23N3O3. The zero-order valence-corrected chi connectivity index (χ0v) is 17.2. The van der Waals surface area contributed by atoms with Crippen LogP contribution in [-0.2, 0) is 11.8 Å². The standard InChI is InChI=1S/C24H23N3O3/c1-24(2,3)18-12-10-16(11-13-18)23(28)25-19-8-5-4-7-17(19)15-21-26-22(27-30-21)20-9-6-14-29-20/h4-14H,15H2,1-3H3,(H,25,28). The fourth-order valence-corrected chi connectivity index (χ4v) is 3.11. The van der Waals surface area contributed by atoms with Crippen molar-refractivity contribution in [2.75, 3.05) is 5.32 Å². The van der Waals surface area contributed by atoms with Gasteiger partial charge in [-0.25, -0.2) is 0 Å². The third kappa shape index (κ3) is 4.33. The maximum atomic E-state index is 12.8. The van der Waals surface area contributed by atoms with E-state index in [4.69, 9.17) is 8.94 Å². The molecule has 2 heterocycles. The summed E-state index contributed by atoms with van der Waals surface area (Å²) in [6, 6.07) is 18.8. The fourth-order valence-electron chi connectivity index (χ4n) is 3.11. The lowest BCUT2D eigenvalue weighted by atomic mass is 9.86. The number of rotatable bonds is 5. The second-order valence-electron chi connectivity index (χ2n) is 8.10. The Morgan fingerprint density at radius 2 is 1.77 bits per heavy atom. The van der Waals surface area contributed by atoms with Gasteiger partial charge in [-0.05, 0) is 46.9 Å². The molecule has 0 unspecified atom stereocenters. The number of aromatic nitrogens is 2. The van der Waals surface area contributed by atoms with Crippen LogP contribution in [0.4, 0.5) is 5.69 Å². The van der Waals surface area contributed by atoms with Gasteiger partial charge in [0.15, 0.2) is 5.76 Å². The van der Waals surface area contributed by atoms with Gasteiger partial charge >= 0.3 is 0 Å². The first-order chi connectivity index (χ1) is 14.4. The highest BCUT2D eigenvalue weighted by Gasteiger charge is 2.16. The van der Waals surface area contributed by atoms with E-state index < -0.39 is 0 Å². The van der Waals surface area contributed by atoms with Gasteiger partial charge in [-0.3, -0.25) is 4.79 Å². The topological polar surface area (TPSA) is 81.2 Å². The molecule has 0 saturated heterocycles. The Morgan fingerprint density at radius 1 is 1.00 bits per heavy atom. The van der Waals surface area contributed by atoms with Gasteiger partial charge in [0.05, 0.1) is 12.7 Å². The van der Waals surface area contributed by atoms with Crippen molar-refractivity contribution in [2.24, 2.45) is 0 Å². The number of para-hydroxylation sites is 1. The molecule has 4 rings (SSSR count). The van der Waals surface area contributed by atoms with Crippen LogP contribution in [0.3, 0.4) is 0 Å². The lowest BCUT2D eigenvalue weighted by Gasteiger charge is -2.19. The minimum Gasteiger partial charge on any atom is -0.461 e. The molecule has 0 spiro atoms. The molecule has 1 N–H and O–H groups in total. The van der Waals surface area contributed by atoms with Crippen LogP contribution < -0.4 is 5.32 Å². The number of hydrogen-bond acceptors (Lipinski definition) is 5. The maximum absolute atomic E-state index is 12.8. The zero-order chi connectivity index (χ0) is 21.1. The maximum Gasteiger partial charge on any atom is 0.255 e. The van der Waals surface area contributed by atoms with Gasteiger partial charge in [0, 0.05) is 11.3 Å². The number of nitrogens with one attached hydrogen (secondary N) is 1. The summed E-state index contributed by atoms with van der Waals surface area (Å²) in [5.74, 6) is 1.23. The van der Waals surface area contributed by atoms with Crippen LogP contribution in [0.25, 0.3) is 11.6 Å². The second-order valence-corrected chi connectivity index (χ2v) is 8.10. The molecule has 0 radical (unpaired) electrons. The van der Waals surface area contributed by atoms with Gasteiger partial charge < -0.3 is 14.3 Å². The first kappa shape index (κ1) is 19.6. The number of amides is 1. The Bertz CT molecular complexity index is 1140. The highest BCUT2D eigenvalue weighted by Crippen LogP contribution is 2.24. The van der Waals surface area contributed by atoms with E-state index in [1.165, 1.54) is 5.56 Å². The number of benzene rings is 2. The van der Waals surface area contributed by atoms with Gasteiger partial charge in [-0.1, -0.05) is 56.3 Å². The van der Waals surface area contributed by atoms with Crippen molar-refractivity contribution >= 4 is 11.6 Å². The second kappa shape index (κ2) is 7.99. The van der Waals surface area contributed by atoms with Gasteiger partial charge in [-0.15, -0.1) is 0 Å². The van der Waals surface area contributed by atoms with E-state index in [1.807, 2.05) is 48.5 Å². The molecule has 1 amide bonds. The van der Waals surface area contributed by atoms with E-state index in [0.717, 1.165) is 5.56 Å². The third-order valence-electron chi connectivity index (χ3n) is 4.83. The van der Waals surface area contributed by atoms with Crippen molar-refractivity contribution in [3.63, 3.8) is 0 Å². The van der Waals surface area contributed by atoms with Crippen LogP contribution in [0.5, 0.6) is 0 Å². The first-order valence-electron chi connectivity index (χ1n) is 9.76.